The summed E-state index contributed by atoms with van der Waals surface area (Å²) in [6.45, 7) is 4.75. The zero-order chi connectivity index (χ0) is 15.0. The minimum atomic E-state index is -0.622. The van der Waals surface area contributed by atoms with Gasteiger partial charge in [0.15, 0.2) is 0 Å². The van der Waals surface area contributed by atoms with Gasteiger partial charge in [-0.25, -0.2) is 0 Å². The summed E-state index contributed by atoms with van der Waals surface area (Å²) in [5.74, 6) is 1.42. The van der Waals surface area contributed by atoms with Crippen LogP contribution in [0.25, 0.3) is 0 Å². The van der Waals surface area contributed by atoms with Crippen molar-refractivity contribution < 1.29 is 4.79 Å². The third kappa shape index (κ3) is 5.35. The smallest absolute Gasteiger partial charge is 0.237 e. The predicted molar refractivity (Wildman–Crippen MR) is 88.1 cm³/mol. The van der Waals surface area contributed by atoms with Crippen LogP contribution in [-0.4, -0.2) is 23.7 Å². The van der Waals surface area contributed by atoms with Crippen molar-refractivity contribution >= 4 is 29.3 Å². The van der Waals surface area contributed by atoms with Gasteiger partial charge in [-0.3, -0.25) is 4.79 Å². The van der Waals surface area contributed by atoms with E-state index in [9.17, 15) is 4.79 Å². The first-order chi connectivity index (χ1) is 9.49. The molecule has 1 atom stereocenters. The van der Waals surface area contributed by atoms with Gasteiger partial charge in [0.1, 0.15) is 0 Å². The van der Waals surface area contributed by atoms with Crippen molar-refractivity contribution in [2.24, 2.45) is 5.73 Å². The Morgan fingerprint density at radius 2 is 2.15 bits per heavy atom. The molecule has 0 aliphatic heterocycles. The lowest BCUT2D eigenvalue weighted by molar-refractivity contribution is -0.123. The summed E-state index contributed by atoms with van der Waals surface area (Å²) in [5, 5.41) is 4.03. The molecule has 0 radical (unpaired) electrons. The average Bonchev–Trinajstić information content (AvgIpc) is 2.43. The summed E-state index contributed by atoms with van der Waals surface area (Å²) in [6, 6.07) is 7.83. The molecule has 0 saturated carbocycles. The van der Waals surface area contributed by atoms with Crippen molar-refractivity contribution in [2.75, 3.05) is 12.3 Å². The van der Waals surface area contributed by atoms with Crippen LogP contribution >= 0.6 is 23.4 Å². The molecule has 0 saturated heterocycles. The van der Waals surface area contributed by atoms with Crippen LogP contribution in [0.1, 0.15) is 32.3 Å². The first-order valence-corrected chi connectivity index (χ1v) is 8.39. The first-order valence-electron chi connectivity index (χ1n) is 6.85. The van der Waals surface area contributed by atoms with Crippen molar-refractivity contribution in [2.45, 2.75) is 38.0 Å². The normalized spacial score (nSPS) is 13.9. The van der Waals surface area contributed by atoms with Gasteiger partial charge in [-0.05, 0) is 43.7 Å². The van der Waals surface area contributed by atoms with Crippen LogP contribution in [-0.2, 0) is 10.5 Å². The summed E-state index contributed by atoms with van der Waals surface area (Å²) in [5.41, 5.74) is 6.00. The fourth-order valence-corrected chi connectivity index (χ4v) is 3.22. The van der Waals surface area contributed by atoms with Gasteiger partial charge in [0.25, 0.3) is 0 Å². The maximum atomic E-state index is 11.6. The molecule has 0 aromatic heterocycles. The Bertz CT molecular complexity index is 442. The fourth-order valence-electron chi connectivity index (χ4n) is 1.77. The first kappa shape index (κ1) is 17.3. The second kappa shape index (κ2) is 8.55. The highest BCUT2D eigenvalue weighted by atomic mass is 35.5. The topological polar surface area (TPSA) is 55.1 Å². The second-order valence-corrected chi connectivity index (χ2v) is 6.53. The van der Waals surface area contributed by atoms with E-state index in [1.165, 1.54) is 0 Å². The molecule has 3 nitrogen and oxygen atoms in total. The monoisotopic (exact) mass is 314 g/mol. The third-order valence-electron chi connectivity index (χ3n) is 3.27. The van der Waals surface area contributed by atoms with Crippen LogP contribution in [0, 0.1) is 0 Å². The molecular weight excluding hydrogens is 292 g/mol. The molecule has 0 aliphatic carbocycles. The number of rotatable bonds is 9. The molecule has 1 aromatic rings. The fraction of sp³-hybridized carbons (Fsp3) is 0.533. The highest BCUT2D eigenvalue weighted by Gasteiger charge is 2.29. The molecular formula is C15H23ClN2OS. The van der Waals surface area contributed by atoms with Crippen molar-refractivity contribution in [3.8, 4) is 0 Å². The molecule has 0 heterocycles. The molecule has 20 heavy (non-hydrogen) atoms. The number of nitrogens with two attached hydrogens (primary N) is 1. The number of halogens is 1. The van der Waals surface area contributed by atoms with Crippen molar-refractivity contribution in [1.29, 1.82) is 0 Å². The van der Waals surface area contributed by atoms with Crippen molar-refractivity contribution in [3.63, 3.8) is 0 Å². The van der Waals surface area contributed by atoms with Gasteiger partial charge < -0.3 is 11.1 Å². The molecule has 0 fully saturated rings. The van der Waals surface area contributed by atoms with Gasteiger partial charge in [-0.15, -0.1) is 0 Å². The predicted octanol–water partition coefficient (Wildman–Crippen LogP) is 3.21. The Hall–Kier alpha value is -0.710. The summed E-state index contributed by atoms with van der Waals surface area (Å²) in [4.78, 5) is 11.6. The molecule has 1 amide bonds. The van der Waals surface area contributed by atoms with E-state index in [2.05, 4.69) is 12.2 Å². The lowest BCUT2D eigenvalue weighted by atomic mass is 9.98. The molecule has 1 unspecified atom stereocenters. The van der Waals surface area contributed by atoms with E-state index in [0.29, 0.717) is 0 Å². The largest absolute Gasteiger partial charge is 0.368 e. The number of nitrogens with one attached hydrogen (secondary N) is 1. The second-order valence-electron chi connectivity index (χ2n) is 5.02. The van der Waals surface area contributed by atoms with E-state index in [-0.39, 0.29) is 5.91 Å². The molecule has 0 aliphatic rings. The van der Waals surface area contributed by atoms with Crippen LogP contribution in [0.2, 0.25) is 5.02 Å². The highest BCUT2D eigenvalue weighted by Crippen LogP contribution is 2.22. The van der Waals surface area contributed by atoms with Crippen molar-refractivity contribution in [1.82, 2.24) is 5.32 Å². The zero-order valence-electron chi connectivity index (χ0n) is 12.1. The lowest BCUT2D eigenvalue weighted by Gasteiger charge is -2.27. The number of carbonyl (C=O) groups is 1. The summed E-state index contributed by atoms with van der Waals surface area (Å²) >= 11 is 7.88. The van der Waals surface area contributed by atoms with E-state index in [4.69, 9.17) is 17.3 Å². The van der Waals surface area contributed by atoms with Crippen LogP contribution in [0.15, 0.2) is 24.3 Å². The number of primary amides is 1. The molecule has 112 valence electrons. The maximum absolute atomic E-state index is 11.6. The van der Waals surface area contributed by atoms with Crippen molar-refractivity contribution in [3.05, 3.63) is 34.9 Å². The zero-order valence-corrected chi connectivity index (χ0v) is 13.7. The van der Waals surface area contributed by atoms with Gasteiger partial charge in [-0.2, -0.15) is 11.8 Å². The SMILES string of the molecule is CCCNC(C)(CCSCc1ccccc1Cl)C(N)=O. The minimum absolute atomic E-state index is 0.288. The van der Waals surface area contributed by atoms with E-state index in [1.807, 2.05) is 31.2 Å². The molecule has 3 N–H and O–H groups in total. The van der Waals surface area contributed by atoms with Crippen LogP contribution in [0.5, 0.6) is 0 Å². The van der Waals surface area contributed by atoms with Crippen LogP contribution in [0.3, 0.4) is 0 Å². The number of hydrogen-bond donors (Lipinski definition) is 2. The number of hydrogen-bond acceptors (Lipinski definition) is 3. The Kier molecular flexibility index (Phi) is 7.41. The molecule has 0 bridgehead atoms. The van der Waals surface area contributed by atoms with Gasteiger partial charge in [0.2, 0.25) is 5.91 Å². The number of thioether (sulfide) groups is 1. The van der Waals surface area contributed by atoms with Gasteiger partial charge in [0, 0.05) is 10.8 Å². The molecule has 1 aromatic carbocycles. The summed E-state index contributed by atoms with van der Waals surface area (Å²) < 4.78 is 0. The Morgan fingerprint density at radius 1 is 1.45 bits per heavy atom. The Morgan fingerprint density at radius 3 is 2.75 bits per heavy atom. The third-order valence-corrected chi connectivity index (χ3v) is 4.65. The maximum Gasteiger partial charge on any atom is 0.237 e. The van der Waals surface area contributed by atoms with Gasteiger partial charge in [-0.1, -0.05) is 36.7 Å². The average molecular weight is 315 g/mol. The number of benzene rings is 1. The van der Waals surface area contributed by atoms with Gasteiger partial charge >= 0.3 is 0 Å². The van der Waals surface area contributed by atoms with E-state index < -0.39 is 5.54 Å². The van der Waals surface area contributed by atoms with Gasteiger partial charge in [0.05, 0.1) is 5.54 Å². The Balaban J connectivity index is 2.41. The van der Waals surface area contributed by atoms with E-state index >= 15 is 0 Å². The van der Waals surface area contributed by atoms with E-state index in [0.717, 1.165) is 41.5 Å². The van der Waals surface area contributed by atoms with E-state index in [1.54, 1.807) is 11.8 Å². The molecule has 1 rings (SSSR count). The number of carbonyl (C=O) groups excluding carboxylic acids is 1. The quantitative estimate of drug-likeness (QED) is 0.688. The Labute approximate surface area is 130 Å². The summed E-state index contributed by atoms with van der Waals surface area (Å²) in [7, 11) is 0. The number of amides is 1. The summed E-state index contributed by atoms with van der Waals surface area (Å²) in [6.07, 6.45) is 1.70. The molecule has 0 spiro atoms. The highest BCUT2D eigenvalue weighted by molar-refractivity contribution is 7.98. The van der Waals surface area contributed by atoms with Crippen LogP contribution < -0.4 is 11.1 Å². The van der Waals surface area contributed by atoms with Crippen LogP contribution in [0.4, 0.5) is 0 Å². The standard InChI is InChI=1S/C15H23ClN2OS/c1-3-9-18-15(2,14(17)19)8-10-20-11-12-6-4-5-7-13(12)16/h4-7,18H,3,8-11H2,1-2H3,(H2,17,19). The lowest BCUT2D eigenvalue weighted by Crippen LogP contribution is -2.53. The minimum Gasteiger partial charge on any atom is -0.368 e. The molecule has 5 heteroatoms.